The van der Waals surface area contributed by atoms with Crippen LogP contribution in [0.2, 0.25) is 5.15 Å². The number of ether oxygens (including phenoxy) is 2. The second-order valence-electron chi connectivity index (χ2n) is 2.22. The summed E-state index contributed by atoms with van der Waals surface area (Å²) in [6.07, 6.45) is 1.24. The van der Waals surface area contributed by atoms with Gasteiger partial charge >= 0.3 is 0 Å². The third kappa shape index (κ3) is 2.17. The lowest BCUT2D eigenvalue weighted by molar-refractivity contribution is -0.106. The van der Waals surface area contributed by atoms with Crippen molar-refractivity contribution in [1.82, 2.24) is 4.98 Å². The molecule has 1 heterocycles. The molecule has 0 aliphatic heterocycles. The van der Waals surface area contributed by atoms with Crippen LogP contribution in [-0.2, 0) is 9.47 Å². The average Bonchev–Trinajstić information content (AvgIpc) is 2.07. The molecule has 1 aromatic heterocycles. The molecule has 1 rings (SSSR count). The zero-order valence-corrected chi connectivity index (χ0v) is 7.71. The van der Waals surface area contributed by atoms with Crippen molar-refractivity contribution < 1.29 is 9.47 Å². The van der Waals surface area contributed by atoms with Crippen molar-refractivity contribution in [2.24, 2.45) is 0 Å². The molecular formula is C8H10ClNO2. The van der Waals surface area contributed by atoms with Crippen molar-refractivity contribution in [3.8, 4) is 0 Å². The summed E-state index contributed by atoms with van der Waals surface area (Å²) in [5, 5.41) is 0.437. The number of pyridine rings is 1. The van der Waals surface area contributed by atoms with E-state index in [1.165, 1.54) is 0 Å². The van der Waals surface area contributed by atoms with Gasteiger partial charge in [-0.2, -0.15) is 0 Å². The number of hydrogen-bond donors (Lipinski definition) is 0. The highest BCUT2D eigenvalue weighted by Gasteiger charge is 2.08. The molecule has 0 fully saturated rings. The molecule has 12 heavy (non-hydrogen) atoms. The second kappa shape index (κ2) is 4.40. The maximum atomic E-state index is 5.68. The van der Waals surface area contributed by atoms with Gasteiger partial charge in [-0.1, -0.05) is 11.6 Å². The Balaban J connectivity index is 2.85. The Hall–Kier alpha value is -0.640. The van der Waals surface area contributed by atoms with E-state index in [4.69, 9.17) is 21.1 Å². The second-order valence-corrected chi connectivity index (χ2v) is 2.60. The molecule has 0 bridgehead atoms. The Morgan fingerprint density at radius 2 is 2.08 bits per heavy atom. The van der Waals surface area contributed by atoms with Crippen LogP contribution in [0.4, 0.5) is 0 Å². The van der Waals surface area contributed by atoms with Gasteiger partial charge in [0, 0.05) is 26.0 Å². The van der Waals surface area contributed by atoms with Crippen molar-refractivity contribution in [1.29, 1.82) is 0 Å². The van der Waals surface area contributed by atoms with Crippen LogP contribution in [0.3, 0.4) is 0 Å². The number of hydrogen-bond acceptors (Lipinski definition) is 3. The summed E-state index contributed by atoms with van der Waals surface area (Å²) in [5.41, 5.74) is 0.861. The molecule has 1 aromatic rings. The summed E-state index contributed by atoms with van der Waals surface area (Å²) < 4.78 is 10.1. The molecule has 0 atom stereocenters. The summed E-state index contributed by atoms with van der Waals surface area (Å²) in [5.74, 6) is 0. The molecule has 0 amide bonds. The zero-order chi connectivity index (χ0) is 8.97. The quantitative estimate of drug-likeness (QED) is 0.536. The molecule has 0 aliphatic carbocycles. The number of halogens is 1. The Labute approximate surface area is 76.3 Å². The summed E-state index contributed by atoms with van der Waals surface area (Å²) in [6, 6.07) is 3.50. The molecule has 0 spiro atoms. The molecule has 66 valence electrons. The van der Waals surface area contributed by atoms with Gasteiger partial charge in [0.2, 0.25) is 0 Å². The Morgan fingerprint density at radius 1 is 1.42 bits per heavy atom. The summed E-state index contributed by atoms with van der Waals surface area (Å²) in [4.78, 5) is 3.85. The number of methoxy groups -OCH3 is 2. The van der Waals surface area contributed by atoms with E-state index in [0.29, 0.717) is 5.15 Å². The third-order valence-electron chi connectivity index (χ3n) is 1.45. The fourth-order valence-electron chi connectivity index (χ4n) is 0.932. The molecule has 4 heteroatoms. The monoisotopic (exact) mass is 187 g/mol. The number of aromatic nitrogens is 1. The van der Waals surface area contributed by atoms with Crippen molar-refractivity contribution in [2.45, 2.75) is 6.29 Å². The highest BCUT2D eigenvalue weighted by molar-refractivity contribution is 6.29. The summed E-state index contributed by atoms with van der Waals surface area (Å²) >= 11 is 5.68. The molecule has 0 saturated carbocycles. The van der Waals surface area contributed by atoms with Crippen LogP contribution in [0, 0.1) is 0 Å². The topological polar surface area (TPSA) is 31.4 Å². The van der Waals surface area contributed by atoms with Gasteiger partial charge in [0.15, 0.2) is 6.29 Å². The Morgan fingerprint density at radius 3 is 2.58 bits per heavy atom. The van der Waals surface area contributed by atoms with Crippen LogP contribution in [-0.4, -0.2) is 19.2 Å². The molecule has 0 radical (unpaired) electrons. The molecule has 3 nitrogen and oxygen atoms in total. The minimum absolute atomic E-state index is 0.370. The smallest absolute Gasteiger partial charge is 0.183 e. The van der Waals surface area contributed by atoms with Crippen LogP contribution in [0.15, 0.2) is 18.3 Å². The van der Waals surface area contributed by atoms with E-state index in [9.17, 15) is 0 Å². The first-order valence-electron chi connectivity index (χ1n) is 3.45. The fraction of sp³-hybridized carbons (Fsp3) is 0.375. The number of nitrogens with zero attached hydrogens (tertiary/aromatic N) is 1. The molecule has 0 unspecified atom stereocenters. The average molecular weight is 188 g/mol. The molecule has 0 N–H and O–H groups in total. The van der Waals surface area contributed by atoms with Gasteiger partial charge in [-0.15, -0.1) is 0 Å². The highest BCUT2D eigenvalue weighted by Crippen LogP contribution is 2.18. The normalized spacial score (nSPS) is 10.7. The van der Waals surface area contributed by atoms with Gasteiger partial charge in [-0.05, 0) is 12.1 Å². The zero-order valence-electron chi connectivity index (χ0n) is 6.95. The molecular weight excluding hydrogens is 178 g/mol. The van der Waals surface area contributed by atoms with Crippen LogP contribution in [0.1, 0.15) is 11.9 Å². The van der Waals surface area contributed by atoms with Crippen molar-refractivity contribution >= 4 is 11.6 Å². The lowest BCUT2D eigenvalue weighted by atomic mass is 10.2. The Bertz CT molecular complexity index is 251. The molecule has 0 aromatic carbocycles. The summed E-state index contributed by atoms with van der Waals surface area (Å²) in [6.45, 7) is 0. The number of rotatable bonds is 3. The van der Waals surface area contributed by atoms with Crippen LogP contribution < -0.4 is 0 Å². The van der Waals surface area contributed by atoms with E-state index in [2.05, 4.69) is 4.98 Å². The van der Waals surface area contributed by atoms with E-state index >= 15 is 0 Å². The first kappa shape index (κ1) is 9.45. The summed E-state index contributed by atoms with van der Waals surface area (Å²) in [7, 11) is 3.14. The first-order valence-corrected chi connectivity index (χ1v) is 3.82. The van der Waals surface area contributed by atoms with E-state index in [1.807, 2.05) is 0 Å². The van der Waals surface area contributed by atoms with Gasteiger partial charge in [0.05, 0.1) is 0 Å². The van der Waals surface area contributed by atoms with E-state index in [1.54, 1.807) is 32.5 Å². The van der Waals surface area contributed by atoms with E-state index in [-0.39, 0.29) is 6.29 Å². The predicted octanol–water partition coefficient (Wildman–Crippen LogP) is 2.03. The van der Waals surface area contributed by atoms with Gasteiger partial charge in [-0.25, -0.2) is 4.98 Å². The molecule has 0 saturated heterocycles. The SMILES string of the molecule is COC(OC)c1ccnc(Cl)c1. The van der Waals surface area contributed by atoms with E-state index in [0.717, 1.165) is 5.56 Å². The predicted molar refractivity (Wildman–Crippen MR) is 46.0 cm³/mol. The van der Waals surface area contributed by atoms with Gasteiger partial charge in [0.1, 0.15) is 5.15 Å². The van der Waals surface area contributed by atoms with Crippen LogP contribution >= 0.6 is 11.6 Å². The van der Waals surface area contributed by atoms with Gasteiger partial charge in [-0.3, -0.25) is 0 Å². The lowest BCUT2D eigenvalue weighted by Gasteiger charge is -2.12. The maximum absolute atomic E-state index is 5.68. The van der Waals surface area contributed by atoms with Crippen molar-refractivity contribution in [2.75, 3.05) is 14.2 Å². The first-order chi connectivity index (χ1) is 5.77. The van der Waals surface area contributed by atoms with Crippen LogP contribution in [0.5, 0.6) is 0 Å². The largest absolute Gasteiger partial charge is 0.352 e. The highest BCUT2D eigenvalue weighted by atomic mass is 35.5. The van der Waals surface area contributed by atoms with Crippen molar-refractivity contribution in [3.63, 3.8) is 0 Å². The van der Waals surface area contributed by atoms with Gasteiger partial charge in [0.25, 0.3) is 0 Å². The lowest BCUT2D eigenvalue weighted by Crippen LogP contribution is -2.03. The minimum Gasteiger partial charge on any atom is -0.352 e. The maximum Gasteiger partial charge on any atom is 0.183 e. The Kier molecular flexibility index (Phi) is 3.47. The van der Waals surface area contributed by atoms with Gasteiger partial charge < -0.3 is 9.47 Å². The van der Waals surface area contributed by atoms with Crippen molar-refractivity contribution in [3.05, 3.63) is 29.0 Å². The van der Waals surface area contributed by atoms with Crippen LogP contribution in [0.25, 0.3) is 0 Å². The fourth-order valence-corrected chi connectivity index (χ4v) is 1.11. The third-order valence-corrected chi connectivity index (χ3v) is 1.66. The molecule has 0 aliphatic rings. The van der Waals surface area contributed by atoms with E-state index < -0.39 is 0 Å². The minimum atomic E-state index is -0.370. The standard InChI is InChI=1S/C8H10ClNO2/c1-11-8(12-2)6-3-4-10-7(9)5-6/h3-5,8H,1-2H3.